The van der Waals surface area contributed by atoms with E-state index in [0.29, 0.717) is 18.8 Å². The SMILES string of the molecule is Cn1ccc(C(=O)NC2CN(c3cccc(C(F)(F)F)n3)C2)n1. The molecule has 23 heavy (non-hydrogen) atoms. The molecule has 0 atom stereocenters. The van der Waals surface area contributed by atoms with Gasteiger partial charge in [-0.1, -0.05) is 6.07 Å². The number of nitrogens with one attached hydrogen (secondary N) is 1. The second kappa shape index (κ2) is 5.56. The number of halogens is 3. The predicted molar refractivity (Wildman–Crippen MR) is 75.9 cm³/mol. The highest BCUT2D eigenvalue weighted by molar-refractivity contribution is 5.92. The molecular formula is C14H14F3N5O. The first-order valence-corrected chi connectivity index (χ1v) is 6.92. The van der Waals surface area contributed by atoms with Gasteiger partial charge in [0.15, 0.2) is 0 Å². The van der Waals surface area contributed by atoms with Crippen LogP contribution in [-0.4, -0.2) is 39.8 Å². The largest absolute Gasteiger partial charge is 0.433 e. The molecule has 2 aromatic rings. The van der Waals surface area contributed by atoms with Crippen LogP contribution in [0, 0.1) is 0 Å². The second-order valence-corrected chi connectivity index (χ2v) is 5.33. The van der Waals surface area contributed by atoms with Crippen LogP contribution in [0.1, 0.15) is 16.2 Å². The summed E-state index contributed by atoms with van der Waals surface area (Å²) in [6.07, 6.45) is -2.80. The Morgan fingerprint density at radius 3 is 2.65 bits per heavy atom. The highest BCUT2D eigenvalue weighted by Crippen LogP contribution is 2.29. The van der Waals surface area contributed by atoms with Crippen LogP contribution in [0.15, 0.2) is 30.5 Å². The van der Waals surface area contributed by atoms with Crippen molar-refractivity contribution in [2.75, 3.05) is 18.0 Å². The molecule has 1 aliphatic heterocycles. The third-order valence-electron chi connectivity index (χ3n) is 3.51. The maximum absolute atomic E-state index is 12.6. The van der Waals surface area contributed by atoms with E-state index in [-0.39, 0.29) is 17.8 Å². The molecule has 9 heteroatoms. The van der Waals surface area contributed by atoms with Crippen molar-refractivity contribution in [2.24, 2.45) is 7.05 Å². The van der Waals surface area contributed by atoms with Gasteiger partial charge >= 0.3 is 6.18 Å². The number of carbonyl (C=O) groups is 1. The van der Waals surface area contributed by atoms with Crippen molar-refractivity contribution in [3.05, 3.63) is 41.9 Å². The number of rotatable bonds is 3. The van der Waals surface area contributed by atoms with E-state index in [1.165, 1.54) is 16.8 Å². The summed E-state index contributed by atoms with van der Waals surface area (Å²) in [5.74, 6) is -0.0459. The Morgan fingerprint density at radius 1 is 1.30 bits per heavy atom. The van der Waals surface area contributed by atoms with Crippen LogP contribution in [0.5, 0.6) is 0 Å². The molecule has 1 amide bonds. The number of alkyl halides is 3. The van der Waals surface area contributed by atoms with E-state index in [1.54, 1.807) is 24.2 Å². The lowest BCUT2D eigenvalue weighted by molar-refractivity contribution is -0.141. The Labute approximate surface area is 129 Å². The second-order valence-electron chi connectivity index (χ2n) is 5.33. The molecule has 2 aromatic heterocycles. The molecule has 0 radical (unpaired) electrons. The monoisotopic (exact) mass is 325 g/mol. The highest BCUT2D eigenvalue weighted by atomic mass is 19.4. The number of carbonyl (C=O) groups excluding carboxylic acids is 1. The third kappa shape index (κ3) is 3.27. The van der Waals surface area contributed by atoms with Crippen LogP contribution in [0.25, 0.3) is 0 Å². The van der Waals surface area contributed by atoms with Crippen molar-refractivity contribution in [1.29, 1.82) is 0 Å². The van der Waals surface area contributed by atoms with Gasteiger partial charge in [0.05, 0.1) is 6.04 Å². The maximum atomic E-state index is 12.6. The van der Waals surface area contributed by atoms with Crippen molar-refractivity contribution in [2.45, 2.75) is 12.2 Å². The van der Waals surface area contributed by atoms with Crippen molar-refractivity contribution in [3.8, 4) is 0 Å². The molecule has 0 unspecified atom stereocenters. The van der Waals surface area contributed by atoms with Gasteiger partial charge in [-0.2, -0.15) is 18.3 Å². The molecule has 1 N–H and O–H groups in total. The number of pyridine rings is 1. The molecule has 0 spiro atoms. The maximum Gasteiger partial charge on any atom is 0.433 e. The van der Waals surface area contributed by atoms with Gasteiger partial charge in [-0.15, -0.1) is 0 Å². The molecule has 0 aromatic carbocycles. The number of aryl methyl sites for hydroxylation is 1. The van der Waals surface area contributed by atoms with E-state index in [0.717, 1.165) is 6.07 Å². The zero-order chi connectivity index (χ0) is 16.6. The summed E-state index contributed by atoms with van der Waals surface area (Å²) in [6.45, 7) is 0.819. The third-order valence-corrected chi connectivity index (χ3v) is 3.51. The minimum atomic E-state index is -4.46. The summed E-state index contributed by atoms with van der Waals surface area (Å²) in [6, 6.07) is 5.24. The summed E-state index contributed by atoms with van der Waals surface area (Å²) in [5, 5.41) is 6.78. The van der Waals surface area contributed by atoms with E-state index in [1.807, 2.05) is 0 Å². The van der Waals surface area contributed by atoms with Gasteiger partial charge in [0.2, 0.25) is 0 Å². The fourth-order valence-corrected chi connectivity index (χ4v) is 2.31. The van der Waals surface area contributed by atoms with Crippen LogP contribution < -0.4 is 10.2 Å². The van der Waals surface area contributed by atoms with Crippen molar-refractivity contribution in [3.63, 3.8) is 0 Å². The molecule has 0 saturated carbocycles. The Balaban J connectivity index is 1.58. The summed E-state index contributed by atoms with van der Waals surface area (Å²) in [7, 11) is 1.71. The van der Waals surface area contributed by atoms with E-state index in [2.05, 4.69) is 15.4 Å². The van der Waals surface area contributed by atoms with E-state index < -0.39 is 11.9 Å². The average molecular weight is 325 g/mol. The molecule has 6 nitrogen and oxygen atoms in total. The summed E-state index contributed by atoms with van der Waals surface area (Å²) in [5.41, 5.74) is -0.612. The van der Waals surface area contributed by atoms with Crippen molar-refractivity contribution < 1.29 is 18.0 Å². The standard InChI is InChI=1S/C14H14F3N5O/c1-21-6-5-10(20-21)13(23)18-9-7-22(8-9)12-4-2-3-11(19-12)14(15,16)17/h2-6,9H,7-8H2,1H3,(H,18,23). The molecule has 1 saturated heterocycles. The van der Waals surface area contributed by atoms with Gasteiger partial charge in [-0.3, -0.25) is 9.48 Å². The Bertz CT molecular complexity index is 721. The molecule has 0 bridgehead atoms. The molecule has 0 aliphatic carbocycles. The molecule has 3 heterocycles. The number of hydrogen-bond donors (Lipinski definition) is 1. The van der Waals surface area contributed by atoms with Gasteiger partial charge in [-0.05, 0) is 18.2 Å². The molecular weight excluding hydrogens is 311 g/mol. The van der Waals surface area contributed by atoms with Gasteiger partial charge < -0.3 is 10.2 Å². The van der Waals surface area contributed by atoms with Gasteiger partial charge in [-0.25, -0.2) is 4.98 Å². The van der Waals surface area contributed by atoms with Crippen molar-refractivity contribution >= 4 is 11.7 Å². The first-order valence-electron chi connectivity index (χ1n) is 6.92. The first kappa shape index (κ1) is 15.3. The van der Waals surface area contributed by atoms with E-state index in [9.17, 15) is 18.0 Å². The molecule has 1 fully saturated rings. The topological polar surface area (TPSA) is 63.1 Å². The van der Waals surface area contributed by atoms with Crippen LogP contribution in [0.3, 0.4) is 0 Å². The lowest BCUT2D eigenvalue weighted by Gasteiger charge is -2.40. The highest BCUT2D eigenvalue weighted by Gasteiger charge is 2.35. The summed E-state index contributed by atoms with van der Waals surface area (Å²) < 4.78 is 39.5. The Hall–Kier alpha value is -2.58. The number of anilines is 1. The van der Waals surface area contributed by atoms with Gasteiger partial charge in [0.25, 0.3) is 5.91 Å². The van der Waals surface area contributed by atoms with Crippen LogP contribution >= 0.6 is 0 Å². The van der Waals surface area contributed by atoms with Crippen molar-refractivity contribution in [1.82, 2.24) is 20.1 Å². The molecule has 122 valence electrons. The minimum absolute atomic E-state index is 0.138. The minimum Gasteiger partial charge on any atom is -0.352 e. The van der Waals surface area contributed by atoms with Gasteiger partial charge in [0.1, 0.15) is 17.2 Å². The number of nitrogens with zero attached hydrogens (tertiary/aromatic N) is 4. The van der Waals surface area contributed by atoms with Crippen LogP contribution in [0.2, 0.25) is 0 Å². The quantitative estimate of drug-likeness (QED) is 0.928. The normalized spacial score (nSPS) is 15.4. The Kier molecular flexibility index (Phi) is 3.70. The smallest absolute Gasteiger partial charge is 0.352 e. The lowest BCUT2D eigenvalue weighted by Crippen LogP contribution is -2.59. The predicted octanol–water partition coefficient (Wildman–Crippen LogP) is 1.45. The van der Waals surface area contributed by atoms with E-state index in [4.69, 9.17) is 0 Å². The zero-order valence-electron chi connectivity index (χ0n) is 12.2. The Morgan fingerprint density at radius 2 is 2.04 bits per heavy atom. The summed E-state index contributed by atoms with van der Waals surface area (Å²) in [4.78, 5) is 17.2. The fraction of sp³-hybridized carbons (Fsp3) is 0.357. The van der Waals surface area contributed by atoms with E-state index >= 15 is 0 Å². The molecule has 1 aliphatic rings. The first-order chi connectivity index (χ1) is 10.8. The number of hydrogen-bond acceptors (Lipinski definition) is 4. The number of amides is 1. The lowest BCUT2D eigenvalue weighted by atomic mass is 10.1. The average Bonchev–Trinajstić information content (AvgIpc) is 2.88. The number of aromatic nitrogens is 3. The zero-order valence-corrected chi connectivity index (χ0v) is 12.2. The molecule has 3 rings (SSSR count). The summed E-state index contributed by atoms with van der Waals surface area (Å²) >= 11 is 0. The van der Waals surface area contributed by atoms with Gasteiger partial charge in [0, 0.05) is 26.3 Å². The van der Waals surface area contributed by atoms with Crippen LogP contribution in [0.4, 0.5) is 19.0 Å². The van der Waals surface area contributed by atoms with Crippen LogP contribution in [-0.2, 0) is 13.2 Å². The fourth-order valence-electron chi connectivity index (χ4n) is 2.31.